The van der Waals surface area contributed by atoms with Crippen molar-refractivity contribution in [3.8, 4) is 0 Å². The van der Waals surface area contributed by atoms with Crippen LogP contribution in [-0.2, 0) is 11.2 Å². The second-order valence-electron chi connectivity index (χ2n) is 3.20. The molecule has 0 fully saturated rings. The molecule has 1 rings (SSSR count). The van der Waals surface area contributed by atoms with Crippen LogP contribution in [-0.4, -0.2) is 35.3 Å². The molecule has 0 saturated heterocycles. The number of nitrogens with zero attached hydrogens (tertiary/aromatic N) is 2. The molecule has 0 aliphatic carbocycles. The first-order chi connectivity index (χ1) is 6.68. The first-order valence-electron chi connectivity index (χ1n) is 4.44. The number of aromatic nitrogens is 1. The van der Waals surface area contributed by atoms with Gasteiger partial charge in [0.2, 0.25) is 5.24 Å². The Balaban J connectivity index is 2.30. The second-order valence-corrected chi connectivity index (χ2v) is 3.62. The summed E-state index contributed by atoms with van der Waals surface area (Å²) >= 11 is 5.26. The predicted molar refractivity (Wildman–Crippen MR) is 56.3 cm³/mol. The van der Waals surface area contributed by atoms with Crippen molar-refractivity contribution >= 4 is 16.8 Å². The van der Waals surface area contributed by atoms with E-state index in [1.54, 1.807) is 12.4 Å². The van der Waals surface area contributed by atoms with Crippen molar-refractivity contribution in [1.29, 1.82) is 0 Å². The van der Waals surface area contributed by atoms with Gasteiger partial charge in [0, 0.05) is 18.9 Å². The molecule has 1 heterocycles. The maximum absolute atomic E-state index is 10.6. The summed E-state index contributed by atoms with van der Waals surface area (Å²) in [7, 11) is 1.88. The Morgan fingerprint density at radius 1 is 1.50 bits per heavy atom. The molecule has 0 bridgehead atoms. The zero-order valence-electron chi connectivity index (χ0n) is 8.11. The van der Waals surface area contributed by atoms with Gasteiger partial charge in [-0.15, -0.1) is 0 Å². The molecule has 0 N–H and O–H groups in total. The van der Waals surface area contributed by atoms with Gasteiger partial charge in [0.1, 0.15) is 0 Å². The van der Waals surface area contributed by atoms with Crippen LogP contribution in [0.1, 0.15) is 5.56 Å². The molecule has 1 aromatic rings. The number of rotatable bonds is 5. The Morgan fingerprint density at radius 2 is 2.14 bits per heavy atom. The van der Waals surface area contributed by atoms with E-state index in [0.29, 0.717) is 6.54 Å². The number of pyridine rings is 1. The molecule has 4 heteroatoms. The average Bonchev–Trinajstić information content (AvgIpc) is 2.15. The van der Waals surface area contributed by atoms with Gasteiger partial charge in [-0.3, -0.25) is 14.7 Å². The van der Waals surface area contributed by atoms with Crippen molar-refractivity contribution in [2.75, 3.05) is 20.1 Å². The van der Waals surface area contributed by atoms with E-state index in [1.165, 1.54) is 5.56 Å². The highest BCUT2D eigenvalue weighted by atomic mass is 35.5. The molecule has 1 aromatic heterocycles. The molecule has 0 aliphatic rings. The molecule has 0 aromatic carbocycles. The van der Waals surface area contributed by atoms with Crippen LogP contribution in [0.15, 0.2) is 24.5 Å². The molecule has 0 radical (unpaired) electrons. The lowest BCUT2D eigenvalue weighted by atomic mass is 10.2. The minimum absolute atomic E-state index is 0.298. The highest BCUT2D eigenvalue weighted by molar-refractivity contribution is 6.64. The Bertz CT molecular complexity index is 289. The van der Waals surface area contributed by atoms with E-state index in [1.807, 2.05) is 24.1 Å². The quantitative estimate of drug-likeness (QED) is 0.691. The van der Waals surface area contributed by atoms with Crippen LogP contribution in [0, 0.1) is 0 Å². The standard InChI is InChI=1S/C10H13ClN2O/c1-13(8-10(11)14)7-4-9-2-5-12-6-3-9/h2-3,5-6H,4,7-8H2,1H3. The monoisotopic (exact) mass is 212 g/mol. The lowest BCUT2D eigenvalue weighted by Crippen LogP contribution is -2.25. The zero-order valence-corrected chi connectivity index (χ0v) is 8.87. The maximum atomic E-state index is 10.6. The van der Waals surface area contributed by atoms with E-state index in [0.717, 1.165) is 13.0 Å². The van der Waals surface area contributed by atoms with E-state index in [4.69, 9.17) is 11.6 Å². The molecule has 0 spiro atoms. The van der Waals surface area contributed by atoms with E-state index >= 15 is 0 Å². The second kappa shape index (κ2) is 5.73. The Labute approximate surface area is 88.7 Å². The minimum Gasteiger partial charge on any atom is -0.298 e. The largest absolute Gasteiger partial charge is 0.298 e. The summed E-state index contributed by atoms with van der Waals surface area (Å²) in [5.41, 5.74) is 1.22. The van der Waals surface area contributed by atoms with E-state index in [-0.39, 0.29) is 5.24 Å². The summed E-state index contributed by atoms with van der Waals surface area (Å²) in [6.45, 7) is 1.12. The number of halogens is 1. The Hall–Kier alpha value is -0.930. The van der Waals surface area contributed by atoms with Crippen molar-refractivity contribution in [1.82, 2.24) is 9.88 Å². The Kier molecular flexibility index (Phi) is 4.56. The van der Waals surface area contributed by atoms with Crippen LogP contribution < -0.4 is 0 Å². The summed E-state index contributed by atoms with van der Waals surface area (Å²) in [4.78, 5) is 16.4. The number of likely N-dealkylation sites (N-methyl/N-ethyl adjacent to an activating group) is 1. The molecular formula is C10H13ClN2O. The summed E-state index contributed by atoms with van der Waals surface area (Å²) in [6.07, 6.45) is 4.44. The zero-order chi connectivity index (χ0) is 10.4. The highest BCUT2D eigenvalue weighted by Crippen LogP contribution is 1.99. The van der Waals surface area contributed by atoms with Crippen LogP contribution in [0.2, 0.25) is 0 Å². The number of carbonyl (C=O) groups is 1. The summed E-state index contributed by atoms with van der Waals surface area (Å²) in [5.74, 6) is 0. The summed E-state index contributed by atoms with van der Waals surface area (Å²) in [6, 6.07) is 3.94. The third-order valence-electron chi connectivity index (χ3n) is 1.93. The fourth-order valence-electron chi connectivity index (χ4n) is 1.16. The third kappa shape index (κ3) is 4.35. The molecule has 0 atom stereocenters. The molecule has 0 aliphatic heterocycles. The molecular weight excluding hydrogens is 200 g/mol. The van der Waals surface area contributed by atoms with Gasteiger partial charge in [-0.05, 0) is 42.8 Å². The maximum Gasteiger partial charge on any atom is 0.235 e. The van der Waals surface area contributed by atoms with Gasteiger partial charge in [-0.25, -0.2) is 0 Å². The van der Waals surface area contributed by atoms with Crippen LogP contribution in [0.5, 0.6) is 0 Å². The fourth-order valence-corrected chi connectivity index (χ4v) is 1.36. The van der Waals surface area contributed by atoms with Crippen molar-refractivity contribution < 1.29 is 4.79 Å². The van der Waals surface area contributed by atoms with Crippen molar-refractivity contribution in [3.05, 3.63) is 30.1 Å². The SMILES string of the molecule is CN(CCc1ccncc1)CC(=O)Cl. The first-order valence-corrected chi connectivity index (χ1v) is 4.82. The van der Waals surface area contributed by atoms with E-state index in [9.17, 15) is 4.79 Å². The summed E-state index contributed by atoms with van der Waals surface area (Å²) in [5, 5.41) is -0.317. The molecule has 3 nitrogen and oxygen atoms in total. The van der Waals surface area contributed by atoms with Gasteiger partial charge in [0.15, 0.2) is 0 Å². The molecule has 0 saturated carbocycles. The van der Waals surface area contributed by atoms with E-state index in [2.05, 4.69) is 4.98 Å². The van der Waals surface area contributed by atoms with Gasteiger partial charge in [0.05, 0.1) is 6.54 Å². The van der Waals surface area contributed by atoms with Crippen molar-refractivity contribution in [2.24, 2.45) is 0 Å². The molecule has 76 valence electrons. The van der Waals surface area contributed by atoms with Crippen LogP contribution in [0.3, 0.4) is 0 Å². The van der Waals surface area contributed by atoms with Crippen LogP contribution in [0.4, 0.5) is 0 Å². The van der Waals surface area contributed by atoms with Gasteiger partial charge < -0.3 is 0 Å². The van der Waals surface area contributed by atoms with Crippen LogP contribution in [0.25, 0.3) is 0 Å². The topological polar surface area (TPSA) is 33.2 Å². The molecule has 0 unspecified atom stereocenters. The highest BCUT2D eigenvalue weighted by Gasteiger charge is 2.02. The van der Waals surface area contributed by atoms with Crippen LogP contribution >= 0.6 is 11.6 Å². The van der Waals surface area contributed by atoms with E-state index < -0.39 is 0 Å². The van der Waals surface area contributed by atoms with Crippen molar-refractivity contribution in [3.63, 3.8) is 0 Å². The average molecular weight is 213 g/mol. The van der Waals surface area contributed by atoms with Gasteiger partial charge in [-0.2, -0.15) is 0 Å². The smallest absolute Gasteiger partial charge is 0.235 e. The number of hydrogen-bond donors (Lipinski definition) is 0. The van der Waals surface area contributed by atoms with Gasteiger partial charge in [0.25, 0.3) is 0 Å². The Morgan fingerprint density at radius 3 is 2.71 bits per heavy atom. The minimum atomic E-state index is -0.317. The molecule has 0 amide bonds. The lowest BCUT2D eigenvalue weighted by Gasteiger charge is -2.13. The molecule has 14 heavy (non-hydrogen) atoms. The fraction of sp³-hybridized carbons (Fsp3) is 0.400. The van der Waals surface area contributed by atoms with Gasteiger partial charge >= 0.3 is 0 Å². The summed E-state index contributed by atoms with van der Waals surface area (Å²) < 4.78 is 0. The van der Waals surface area contributed by atoms with Crippen molar-refractivity contribution in [2.45, 2.75) is 6.42 Å². The number of carbonyl (C=O) groups excluding carboxylic acids is 1. The normalized spacial score (nSPS) is 10.5. The first kappa shape index (κ1) is 11.1. The predicted octanol–water partition coefficient (Wildman–Crippen LogP) is 1.32. The lowest BCUT2D eigenvalue weighted by molar-refractivity contribution is -0.112. The van der Waals surface area contributed by atoms with Gasteiger partial charge in [-0.1, -0.05) is 0 Å². The number of hydrogen-bond acceptors (Lipinski definition) is 3. The third-order valence-corrected chi connectivity index (χ3v) is 2.05.